The summed E-state index contributed by atoms with van der Waals surface area (Å²) in [6.07, 6.45) is 6.57. The lowest BCUT2D eigenvalue weighted by Gasteiger charge is -2.34. The lowest BCUT2D eigenvalue weighted by molar-refractivity contribution is -0.124. The zero-order valence-electron chi connectivity index (χ0n) is 12.4. The summed E-state index contributed by atoms with van der Waals surface area (Å²) in [6, 6.07) is 0. The molecule has 0 spiro atoms. The summed E-state index contributed by atoms with van der Waals surface area (Å²) in [4.78, 5) is 11.6. The zero-order chi connectivity index (χ0) is 14.0. The number of amides is 1. The van der Waals surface area contributed by atoms with Crippen LogP contribution in [0.5, 0.6) is 0 Å². The van der Waals surface area contributed by atoms with Crippen molar-refractivity contribution in [1.29, 1.82) is 0 Å². The molecule has 0 aromatic carbocycles. The van der Waals surface area contributed by atoms with Crippen molar-refractivity contribution in [2.45, 2.75) is 70.1 Å². The van der Waals surface area contributed by atoms with Crippen molar-refractivity contribution in [2.75, 3.05) is 7.05 Å². The van der Waals surface area contributed by atoms with E-state index in [0.29, 0.717) is 6.10 Å². The van der Waals surface area contributed by atoms with E-state index in [1.54, 1.807) is 0 Å². The van der Waals surface area contributed by atoms with Crippen LogP contribution in [0.4, 0.5) is 0 Å². The highest BCUT2D eigenvalue weighted by Crippen LogP contribution is 2.36. The number of hydrogen-bond donors (Lipinski definition) is 2. The van der Waals surface area contributed by atoms with Gasteiger partial charge in [-0.1, -0.05) is 13.8 Å². The molecule has 0 radical (unpaired) electrons. The second-order valence-electron chi connectivity index (χ2n) is 6.59. The Morgan fingerprint density at radius 3 is 2.47 bits per heavy atom. The molecule has 2 saturated carbocycles. The minimum absolute atomic E-state index is 0.186. The van der Waals surface area contributed by atoms with Crippen molar-refractivity contribution in [1.82, 2.24) is 5.32 Å². The number of nitrogens with two attached hydrogens (primary N) is 1. The summed E-state index contributed by atoms with van der Waals surface area (Å²) in [5.41, 5.74) is 4.98. The highest BCUT2D eigenvalue weighted by Gasteiger charge is 2.44. The molecule has 110 valence electrons. The first-order chi connectivity index (χ1) is 8.97. The van der Waals surface area contributed by atoms with Crippen LogP contribution in [-0.4, -0.2) is 30.7 Å². The van der Waals surface area contributed by atoms with E-state index in [0.717, 1.165) is 43.9 Å². The second kappa shape index (κ2) is 5.80. The van der Waals surface area contributed by atoms with Crippen molar-refractivity contribution in [3.05, 3.63) is 0 Å². The van der Waals surface area contributed by atoms with Gasteiger partial charge >= 0.3 is 0 Å². The van der Waals surface area contributed by atoms with Crippen LogP contribution in [0.1, 0.15) is 52.4 Å². The van der Waals surface area contributed by atoms with Gasteiger partial charge in [-0.15, -0.1) is 0 Å². The predicted octanol–water partition coefficient (Wildman–Crippen LogP) is 1.82. The highest BCUT2D eigenvalue weighted by molar-refractivity contribution is 5.85. The van der Waals surface area contributed by atoms with E-state index in [-0.39, 0.29) is 12.0 Å². The maximum absolute atomic E-state index is 11.6. The Kier molecular flexibility index (Phi) is 4.51. The Balaban J connectivity index is 1.87. The normalized spacial score (nSPS) is 43.3. The number of ether oxygens (including phenoxy) is 1. The molecule has 4 nitrogen and oxygen atoms in total. The van der Waals surface area contributed by atoms with Crippen molar-refractivity contribution in [3.63, 3.8) is 0 Å². The third-order valence-corrected chi connectivity index (χ3v) is 5.35. The Labute approximate surface area is 116 Å². The fourth-order valence-electron chi connectivity index (χ4n) is 3.58. The van der Waals surface area contributed by atoms with E-state index in [9.17, 15) is 4.79 Å². The van der Waals surface area contributed by atoms with Gasteiger partial charge in [0.15, 0.2) is 0 Å². The highest BCUT2D eigenvalue weighted by atomic mass is 16.5. The number of primary amides is 1. The summed E-state index contributed by atoms with van der Waals surface area (Å²) in [5.74, 6) is 1.31. The average molecular weight is 268 g/mol. The van der Waals surface area contributed by atoms with Crippen LogP contribution >= 0.6 is 0 Å². The first-order valence-electron chi connectivity index (χ1n) is 7.61. The van der Waals surface area contributed by atoms with Crippen molar-refractivity contribution in [3.8, 4) is 0 Å². The molecule has 5 unspecified atom stereocenters. The van der Waals surface area contributed by atoms with Crippen molar-refractivity contribution >= 4 is 5.91 Å². The molecule has 0 bridgehead atoms. The van der Waals surface area contributed by atoms with Gasteiger partial charge in [-0.2, -0.15) is 0 Å². The molecule has 2 fully saturated rings. The van der Waals surface area contributed by atoms with Crippen molar-refractivity contribution in [2.24, 2.45) is 17.6 Å². The largest absolute Gasteiger partial charge is 0.375 e. The van der Waals surface area contributed by atoms with E-state index in [1.165, 1.54) is 6.42 Å². The maximum Gasteiger partial charge on any atom is 0.237 e. The first kappa shape index (κ1) is 14.8. The second-order valence-corrected chi connectivity index (χ2v) is 6.59. The van der Waals surface area contributed by atoms with Crippen LogP contribution in [0.2, 0.25) is 0 Å². The van der Waals surface area contributed by atoms with Gasteiger partial charge in [-0.3, -0.25) is 4.79 Å². The molecule has 0 heterocycles. The summed E-state index contributed by atoms with van der Waals surface area (Å²) in [7, 11) is 1.82. The molecule has 2 rings (SSSR count). The molecule has 2 aliphatic rings. The first-order valence-corrected chi connectivity index (χ1v) is 7.61. The number of likely N-dealkylation sites (N-methyl/N-ethyl adjacent to an activating group) is 1. The molecule has 0 saturated heterocycles. The minimum Gasteiger partial charge on any atom is -0.375 e. The summed E-state index contributed by atoms with van der Waals surface area (Å²) in [6.45, 7) is 4.64. The van der Waals surface area contributed by atoms with Crippen LogP contribution in [0, 0.1) is 11.8 Å². The minimum atomic E-state index is -0.543. The van der Waals surface area contributed by atoms with Gasteiger partial charge in [-0.05, 0) is 51.0 Å². The number of carbonyl (C=O) groups is 1. The third kappa shape index (κ3) is 3.11. The summed E-state index contributed by atoms with van der Waals surface area (Å²) < 4.78 is 6.23. The molecule has 5 atom stereocenters. The molecule has 19 heavy (non-hydrogen) atoms. The van der Waals surface area contributed by atoms with Gasteiger partial charge in [0.05, 0.1) is 17.7 Å². The molecule has 0 aromatic rings. The van der Waals surface area contributed by atoms with Gasteiger partial charge in [0, 0.05) is 6.42 Å². The third-order valence-electron chi connectivity index (χ3n) is 5.35. The molecule has 4 heteroatoms. The lowest BCUT2D eigenvalue weighted by Crippen LogP contribution is -2.52. The van der Waals surface area contributed by atoms with E-state index in [1.807, 2.05) is 7.05 Å². The van der Waals surface area contributed by atoms with E-state index in [4.69, 9.17) is 10.5 Å². The van der Waals surface area contributed by atoms with Gasteiger partial charge < -0.3 is 15.8 Å². The SMILES string of the molecule is CNC1(C(N)=O)CCC(OC2CCC(C)C(C)C2)C1. The fraction of sp³-hybridized carbons (Fsp3) is 0.933. The summed E-state index contributed by atoms with van der Waals surface area (Å²) in [5, 5.41) is 3.11. The predicted molar refractivity (Wildman–Crippen MR) is 75.7 cm³/mol. The van der Waals surface area contributed by atoms with E-state index in [2.05, 4.69) is 19.2 Å². The maximum atomic E-state index is 11.6. The average Bonchev–Trinajstić information content (AvgIpc) is 2.79. The van der Waals surface area contributed by atoms with E-state index < -0.39 is 5.54 Å². The number of rotatable bonds is 4. The Morgan fingerprint density at radius 2 is 1.95 bits per heavy atom. The number of nitrogens with one attached hydrogen (secondary N) is 1. The van der Waals surface area contributed by atoms with Crippen LogP contribution in [-0.2, 0) is 9.53 Å². The Morgan fingerprint density at radius 1 is 1.21 bits per heavy atom. The smallest absolute Gasteiger partial charge is 0.237 e. The Hall–Kier alpha value is -0.610. The van der Waals surface area contributed by atoms with Crippen LogP contribution in [0.15, 0.2) is 0 Å². The number of hydrogen-bond acceptors (Lipinski definition) is 3. The van der Waals surface area contributed by atoms with Gasteiger partial charge in [0.1, 0.15) is 0 Å². The monoisotopic (exact) mass is 268 g/mol. The molecule has 3 N–H and O–H groups in total. The molecular formula is C15H28N2O2. The lowest BCUT2D eigenvalue weighted by atomic mass is 9.80. The Bertz CT molecular complexity index is 334. The number of carbonyl (C=O) groups excluding carboxylic acids is 1. The topological polar surface area (TPSA) is 64.3 Å². The van der Waals surface area contributed by atoms with Gasteiger partial charge in [-0.25, -0.2) is 0 Å². The van der Waals surface area contributed by atoms with Crippen LogP contribution < -0.4 is 11.1 Å². The van der Waals surface area contributed by atoms with Gasteiger partial charge in [0.2, 0.25) is 5.91 Å². The van der Waals surface area contributed by atoms with Crippen LogP contribution in [0.3, 0.4) is 0 Å². The quantitative estimate of drug-likeness (QED) is 0.817. The molecule has 0 aliphatic heterocycles. The summed E-state index contributed by atoms with van der Waals surface area (Å²) >= 11 is 0. The molecule has 1 amide bonds. The molecule has 0 aromatic heterocycles. The van der Waals surface area contributed by atoms with E-state index >= 15 is 0 Å². The molecule has 2 aliphatic carbocycles. The standard InChI is InChI=1S/C15H28N2O2/c1-10-4-5-12(8-11(10)2)19-13-6-7-15(9-13,17-3)14(16)18/h10-13,17H,4-9H2,1-3H3,(H2,16,18). The fourth-order valence-corrected chi connectivity index (χ4v) is 3.58. The van der Waals surface area contributed by atoms with Crippen molar-refractivity contribution < 1.29 is 9.53 Å². The van der Waals surface area contributed by atoms with Crippen LogP contribution in [0.25, 0.3) is 0 Å². The molecular weight excluding hydrogens is 240 g/mol. The van der Waals surface area contributed by atoms with Gasteiger partial charge in [0.25, 0.3) is 0 Å². The zero-order valence-corrected chi connectivity index (χ0v) is 12.4.